The molecule has 1 nitrogen and oxygen atoms in total. The summed E-state index contributed by atoms with van der Waals surface area (Å²) in [5, 5.41) is 0. The molecule has 1 aliphatic rings. The third-order valence-corrected chi connectivity index (χ3v) is 5.18. The molecule has 1 aliphatic carbocycles. The molecule has 0 aliphatic heterocycles. The number of halogens is 1. The lowest BCUT2D eigenvalue weighted by Gasteiger charge is -2.33. The van der Waals surface area contributed by atoms with Gasteiger partial charge in [-0.15, -0.1) is 6.58 Å². The summed E-state index contributed by atoms with van der Waals surface area (Å²) < 4.78 is 1.07. The maximum atomic E-state index is 13.0. The average Bonchev–Trinajstić information content (AvgIpc) is 2.47. The summed E-state index contributed by atoms with van der Waals surface area (Å²) in [6.45, 7) is 14.3. The van der Waals surface area contributed by atoms with E-state index in [2.05, 4.69) is 61.5 Å². The molecule has 122 valence electrons. The predicted octanol–water partition coefficient (Wildman–Crippen LogP) is 6.23. The van der Waals surface area contributed by atoms with Crippen LogP contribution in [0.2, 0.25) is 0 Å². The lowest BCUT2D eigenvalue weighted by atomic mass is 9.69. The monoisotopic (exact) mass is 372 g/mol. The molecule has 0 fully saturated rings. The number of rotatable bonds is 3. The van der Waals surface area contributed by atoms with E-state index >= 15 is 0 Å². The number of hydrogen-bond donors (Lipinski definition) is 0. The zero-order chi connectivity index (χ0) is 17.4. The van der Waals surface area contributed by atoms with E-state index in [0.29, 0.717) is 0 Å². The van der Waals surface area contributed by atoms with Crippen LogP contribution in [0, 0.1) is 10.8 Å². The van der Waals surface area contributed by atoms with Crippen molar-refractivity contribution < 1.29 is 4.79 Å². The number of ketones is 1. The Bertz CT molecular complexity index is 699. The van der Waals surface area contributed by atoms with Gasteiger partial charge in [0.05, 0.1) is 0 Å². The molecule has 1 aromatic rings. The van der Waals surface area contributed by atoms with E-state index in [1.165, 1.54) is 5.56 Å². The molecule has 0 N–H and O–H groups in total. The predicted molar refractivity (Wildman–Crippen MR) is 101 cm³/mol. The van der Waals surface area contributed by atoms with Gasteiger partial charge in [-0.05, 0) is 17.0 Å². The highest BCUT2D eigenvalue weighted by atomic mass is 79.9. The summed E-state index contributed by atoms with van der Waals surface area (Å²) >= 11 is 3.64. The Morgan fingerprint density at radius 2 is 1.61 bits per heavy atom. The summed E-state index contributed by atoms with van der Waals surface area (Å²) in [5.41, 5.74) is 2.36. The quantitative estimate of drug-likeness (QED) is 0.574. The van der Waals surface area contributed by atoms with E-state index in [-0.39, 0.29) is 22.5 Å². The van der Waals surface area contributed by atoms with Gasteiger partial charge < -0.3 is 0 Å². The summed E-state index contributed by atoms with van der Waals surface area (Å²) in [4.78, 5) is 13.0. The van der Waals surface area contributed by atoms with Crippen LogP contribution in [-0.4, -0.2) is 5.78 Å². The standard InChI is InChI=1S/C21H25BrO/c1-7-21(5,6)17-13-14(15-10-8-9-11-18(15)22)12-16(19(17)23)20(2,3)4/h7-14H,1H2,2-6H3. The van der Waals surface area contributed by atoms with Gasteiger partial charge in [-0.25, -0.2) is 0 Å². The number of carbonyl (C=O) groups is 1. The molecule has 1 atom stereocenters. The third-order valence-electron chi connectivity index (χ3n) is 4.46. The Morgan fingerprint density at radius 1 is 1.04 bits per heavy atom. The Hall–Kier alpha value is -1.41. The lowest BCUT2D eigenvalue weighted by Crippen LogP contribution is -2.29. The second-order valence-corrected chi connectivity index (χ2v) is 8.57. The molecule has 0 saturated carbocycles. The molecule has 0 aromatic heterocycles. The molecule has 0 heterocycles. The van der Waals surface area contributed by atoms with Gasteiger partial charge in [-0.2, -0.15) is 0 Å². The van der Waals surface area contributed by atoms with Crippen LogP contribution >= 0.6 is 15.9 Å². The summed E-state index contributed by atoms with van der Waals surface area (Å²) in [5.74, 6) is 0.234. The van der Waals surface area contributed by atoms with Crippen LogP contribution in [0.3, 0.4) is 0 Å². The summed E-state index contributed by atoms with van der Waals surface area (Å²) in [6, 6.07) is 8.19. The second kappa shape index (κ2) is 6.24. The maximum Gasteiger partial charge on any atom is 0.185 e. The Labute approximate surface area is 148 Å². The van der Waals surface area contributed by atoms with Crippen LogP contribution in [0.25, 0.3) is 0 Å². The van der Waals surface area contributed by atoms with Crippen molar-refractivity contribution in [1.29, 1.82) is 0 Å². The number of carbonyl (C=O) groups excluding carboxylic acids is 1. The highest BCUT2D eigenvalue weighted by Crippen LogP contribution is 2.43. The average molecular weight is 373 g/mol. The highest BCUT2D eigenvalue weighted by molar-refractivity contribution is 9.10. The first-order valence-corrected chi connectivity index (χ1v) is 8.74. The van der Waals surface area contributed by atoms with Gasteiger partial charge in [0.1, 0.15) is 0 Å². The fourth-order valence-corrected chi connectivity index (χ4v) is 3.39. The van der Waals surface area contributed by atoms with Gasteiger partial charge >= 0.3 is 0 Å². The lowest BCUT2D eigenvalue weighted by molar-refractivity contribution is -0.114. The van der Waals surface area contributed by atoms with Crippen LogP contribution in [0.15, 0.2) is 64.7 Å². The Morgan fingerprint density at radius 3 is 2.13 bits per heavy atom. The molecule has 0 spiro atoms. The fourth-order valence-electron chi connectivity index (χ4n) is 2.84. The first-order valence-electron chi connectivity index (χ1n) is 7.95. The number of benzene rings is 1. The van der Waals surface area contributed by atoms with E-state index < -0.39 is 0 Å². The van der Waals surface area contributed by atoms with Gasteiger partial charge in [-0.1, -0.05) is 87.0 Å². The van der Waals surface area contributed by atoms with Crippen LogP contribution in [0.4, 0.5) is 0 Å². The van der Waals surface area contributed by atoms with E-state index in [0.717, 1.165) is 15.6 Å². The maximum absolute atomic E-state index is 13.0. The topological polar surface area (TPSA) is 17.1 Å². The van der Waals surface area contributed by atoms with Gasteiger partial charge in [0.15, 0.2) is 5.78 Å². The number of Topliss-reactive ketones (excluding diaryl/α,β-unsaturated/α-hetero) is 1. The third kappa shape index (κ3) is 3.58. The number of hydrogen-bond acceptors (Lipinski definition) is 1. The Kier molecular flexibility index (Phi) is 4.86. The fraction of sp³-hybridized carbons (Fsp3) is 0.381. The molecule has 0 bridgehead atoms. The molecule has 0 amide bonds. The minimum Gasteiger partial charge on any atom is -0.289 e. The molecule has 2 rings (SSSR count). The van der Waals surface area contributed by atoms with Crippen molar-refractivity contribution in [1.82, 2.24) is 0 Å². The minimum absolute atomic E-state index is 0.0896. The zero-order valence-electron chi connectivity index (χ0n) is 14.6. The van der Waals surface area contributed by atoms with Crippen LogP contribution in [0.5, 0.6) is 0 Å². The van der Waals surface area contributed by atoms with E-state index in [1.54, 1.807) is 0 Å². The highest BCUT2D eigenvalue weighted by Gasteiger charge is 2.36. The van der Waals surface area contributed by atoms with Crippen molar-refractivity contribution in [2.24, 2.45) is 10.8 Å². The van der Waals surface area contributed by atoms with E-state index in [9.17, 15) is 4.79 Å². The van der Waals surface area contributed by atoms with Crippen LogP contribution < -0.4 is 0 Å². The van der Waals surface area contributed by atoms with Crippen molar-refractivity contribution >= 4 is 21.7 Å². The molecule has 0 radical (unpaired) electrons. The largest absolute Gasteiger partial charge is 0.289 e. The molecular formula is C21H25BrO. The van der Waals surface area contributed by atoms with Crippen molar-refractivity contribution in [2.75, 3.05) is 0 Å². The summed E-state index contributed by atoms with van der Waals surface area (Å²) in [6.07, 6.45) is 6.07. The molecule has 0 saturated heterocycles. The normalized spacial score (nSPS) is 19.2. The molecule has 1 aromatic carbocycles. The smallest absolute Gasteiger partial charge is 0.185 e. The SMILES string of the molecule is C=CC(C)(C)C1=CC(c2ccccc2Br)C=C(C(C)(C)C)C1=O. The van der Waals surface area contributed by atoms with E-state index in [1.807, 2.05) is 38.1 Å². The van der Waals surface area contributed by atoms with Gasteiger partial charge in [0.2, 0.25) is 0 Å². The van der Waals surface area contributed by atoms with E-state index in [4.69, 9.17) is 0 Å². The molecule has 23 heavy (non-hydrogen) atoms. The molecule has 1 unspecified atom stereocenters. The van der Waals surface area contributed by atoms with Crippen LogP contribution in [0.1, 0.15) is 46.1 Å². The second-order valence-electron chi connectivity index (χ2n) is 7.71. The Balaban J connectivity index is 2.65. The zero-order valence-corrected chi connectivity index (χ0v) is 16.2. The van der Waals surface area contributed by atoms with Gasteiger partial charge in [-0.3, -0.25) is 4.79 Å². The van der Waals surface area contributed by atoms with Gasteiger partial charge in [0, 0.05) is 27.0 Å². The first-order chi connectivity index (χ1) is 10.6. The van der Waals surface area contributed by atoms with Crippen molar-refractivity contribution in [3.05, 3.63) is 70.3 Å². The summed E-state index contributed by atoms with van der Waals surface area (Å²) in [7, 11) is 0. The minimum atomic E-state index is -0.346. The first kappa shape index (κ1) is 17.9. The number of allylic oxidation sites excluding steroid dienone is 5. The van der Waals surface area contributed by atoms with Gasteiger partial charge in [0.25, 0.3) is 0 Å². The van der Waals surface area contributed by atoms with Crippen LogP contribution in [-0.2, 0) is 4.79 Å². The molecular weight excluding hydrogens is 348 g/mol. The molecule has 2 heteroatoms. The van der Waals surface area contributed by atoms with Crippen molar-refractivity contribution in [2.45, 2.75) is 40.5 Å². The van der Waals surface area contributed by atoms with Crippen molar-refractivity contribution in [3.63, 3.8) is 0 Å². The van der Waals surface area contributed by atoms with Crippen molar-refractivity contribution in [3.8, 4) is 0 Å².